The lowest BCUT2D eigenvalue weighted by Gasteiger charge is -2.49. The van der Waals surface area contributed by atoms with E-state index in [0.29, 0.717) is 25.1 Å². The van der Waals surface area contributed by atoms with Crippen LogP contribution < -0.4 is 10.1 Å². The molecular weight excluding hydrogens is 419 g/mol. The predicted octanol–water partition coefficient (Wildman–Crippen LogP) is 4.33. The Bertz CT molecular complexity index is 1090. The minimum Gasteiger partial charge on any atom is -0.497 e. The van der Waals surface area contributed by atoms with Gasteiger partial charge in [-0.05, 0) is 60.9 Å². The van der Waals surface area contributed by atoms with E-state index in [1.807, 2.05) is 54.6 Å². The van der Waals surface area contributed by atoms with Crippen LogP contribution in [0.3, 0.4) is 0 Å². The molecule has 2 N–H and O–H groups in total. The molecule has 1 amide bonds. The normalized spacial score (nSPS) is 23.2. The fourth-order valence-electron chi connectivity index (χ4n) is 4.51. The molecule has 3 unspecified atom stereocenters. The van der Waals surface area contributed by atoms with Crippen molar-refractivity contribution in [2.24, 2.45) is 0 Å². The van der Waals surface area contributed by atoms with Crippen LogP contribution in [0.1, 0.15) is 40.9 Å². The summed E-state index contributed by atoms with van der Waals surface area (Å²) < 4.78 is 18.7. The summed E-state index contributed by atoms with van der Waals surface area (Å²) >= 11 is 0. The van der Waals surface area contributed by atoms with Crippen LogP contribution in [0, 0.1) is 5.82 Å². The molecule has 6 heteroatoms. The van der Waals surface area contributed by atoms with Gasteiger partial charge in [-0.3, -0.25) is 9.69 Å². The number of piperidine rings is 1. The minimum absolute atomic E-state index is 0.259. The number of benzene rings is 3. The number of hydrogen-bond acceptors (Lipinski definition) is 4. The van der Waals surface area contributed by atoms with Gasteiger partial charge in [-0.25, -0.2) is 4.39 Å². The quantitative estimate of drug-likeness (QED) is 0.589. The molecule has 1 fully saturated rings. The van der Waals surface area contributed by atoms with Gasteiger partial charge in [-0.15, -0.1) is 0 Å². The minimum atomic E-state index is -1.12. The van der Waals surface area contributed by atoms with Crippen molar-refractivity contribution >= 4 is 5.91 Å². The highest BCUT2D eigenvalue weighted by molar-refractivity contribution is 5.94. The number of carbonyl (C=O) groups is 1. The molecule has 33 heavy (non-hydrogen) atoms. The lowest BCUT2D eigenvalue weighted by Crippen LogP contribution is -2.62. The van der Waals surface area contributed by atoms with E-state index < -0.39 is 17.5 Å². The van der Waals surface area contributed by atoms with Gasteiger partial charge in [0.15, 0.2) is 0 Å². The maximum Gasteiger partial charge on any atom is 0.251 e. The van der Waals surface area contributed by atoms with Gasteiger partial charge in [0.2, 0.25) is 0 Å². The molecule has 1 saturated heterocycles. The van der Waals surface area contributed by atoms with Crippen molar-refractivity contribution in [1.82, 2.24) is 10.2 Å². The molecule has 3 aromatic carbocycles. The average molecular weight is 449 g/mol. The van der Waals surface area contributed by atoms with Gasteiger partial charge in [-0.1, -0.05) is 42.5 Å². The second-order valence-corrected chi connectivity index (χ2v) is 8.74. The molecule has 4 rings (SSSR count). The molecule has 1 heterocycles. The summed E-state index contributed by atoms with van der Waals surface area (Å²) in [6, 6.07) is 22.4. The number of nitrogens with one attached hydrogen (secondary N) is 1. The van der Waals surface area contributed by atoms with E-state index in [4.69, 9.17) is 4.74 Å². The topological polar surface area (TPSA) is 61.8 Å². The lowest BCUT2D eigenvalue weighted by molar-refractivity contribution is -0.0665. The van der Waals surface area contributed by atoms with Crippen molar-refractivity contribution in [3.63, 3.8) is 0 Å². The Morgan fingerprint density at radius 3 is 2.55 bits per heavy atom. The Morgan fingerprint density at radius 2 is 1.85 bits per heavy atom. The summed E-state index contributed by atoms with van der Waals surface area (Å²) in [4.78, 5) is 15.3. The monoisotopic (exact) mass is 448 g/mol. The lowest BCUT2D eigenvalue weighted by atomic mass is 9.79. The van der Waals surface area contributed by atoms with Crippen molar-refractivity contribution in [2.75, 3.05) is 13.7 Å². The molecule has 0 bridgehead atoms. The van der Waals surface area contributed by atoms with Gasteiger partial charge in [0, 0.05) is 18.7 Å². The van der Waals surface area contributed by atoms with Crippen LogP contribution in [-0.2, 0) is 6.54 Å². The average Bonchev–Trinajstić information content (AvgIpc) is 2.82. The smallest absolute Gasteiger partial charge is 0.251 e. The van der Waals surface area contributed by atoms with E-state index in [1.165, 1.54) is 24.3 Å². The Morgan fingerprint density at radius 1 is 1.12 bits per heavy atom. The summed E-state index contributed by atoms with van der Waals surface area (Å²) in [5, 5.41) is 14.4. The van der Waals surface area contributed by atoms with Crippen molar-refractivity contribution in [1.29, 1.82) is 0 Å². The molecule has 0 aliphatic carbocycles. The number of rotatable bonds is 6. The third-order valence-electron chi connectivity index (χ3n) is 6.34. The Kier molecular flexibility index (Phi) is 6.77. The molecule has 172 valence electrons. The number of aliphatic hydroxyl groups is 1. The zero-order valence-electron chi connectivity index (χ0n) is 18.9. The maximum absolute atomic E-state index is 13.3. The summed E-state index contributed by atoms with van der Waals surface area (Å²) in [6.07, 6.45) is 0.495. The summed E-state index contributed by atoms with van der Waals surface area (Å²) in [7, 11) is 1.64. The molecule has 1 aliphatic rings. The highest BCUT2D eigenvalue weighted by atomic mass is 19.1. The molecule has 3 atom stereocenters. The molecule has 0 spiro atoms. The van der Waals surface area contributed by atoms with Gasteiger partial charge in [0.1, 0.15) is 11.6 Å². The van der Waals surface area contributed by atoms with Crippen molar-refractivity contribution in [3.8, 4) is 5.75 Å². The number of carbonyl (C=O) groups excluding carboxylic acids is 1. The first-order chi connectivity index (χ1) is 15.9. The number of ether oxygens (including phenoxy) is 1. The second kappa shape index (κ2) is 9.73. The molecule has 0 radical (unpaired) electrons. The van der Waals surface area contributed by atoms with Crippen molar-refractivity contribution in [3.05, 3.63) is 101 Å². The summed E-state index contributed by atoms with van der Waals surface area (Å²) in [5.74, 6) is 0.0428. The maximum atomic E-state index is 13.3. The van der Waals surface area contributed by atoms with E-state index in [9.17, 15) is 14.3 Å². The largest absolute Gasteiger partial charge is 0.497 e. The number of methoxy groups -OCH3 is 1. The number of halogens is 1. The SMILES string of the molecule is COc1cccc(CN2CCC(C)(O)C(NC(=O)c3ccc(F)cc3)C2c2ccccc2)c1. The first-order valence-electron chi connectivity index (χ1n) is 11.1. The zero-order chi connectivity index (χ0) is 23.4. The number of nitrogens with zero attached hydrogens (tertiary/aromatic N) is 1. The molecule has 3 aromatic rings. The van der Waals surface area contributed by atoms with Gasteiger partial charge < -0.3 is 15.2 Å². The molecule has 1 aliphatic heterocycles. The van der Waals surface area contributed by atoms with Crippen LogP contribution >= 0.6 is 0 Å². The Balaban J connectivity index is 1.67. The van der Waals surface area contributed by atoms with Crippen LogP contribution in [0.25, 0.3) is 0 Å². The van der Waals surface area contributed by atoms with Crippen LogP contribution in [-0.4, -0.2) is 41.2 Å². The van der Waals surface area contributed by atoms with Gasteiger partial charge in [-0.2, -0.15) is 0 Å². The molecule has 0 saturated carbocycles. The third-order valence-corrected chi connectivity index (χ3v) is 6.34. The Hall–Kier alpha value is -3.22. The fourth-order valence-corrected chi connectivity index (χ4v) is 4.51. The number of amides is 1. The fraction of sp³-hybridized carbons (Fsp3) is 0.296. The van der Waals surface area contributed by atoms with Crippen LogP contribution in [0.15, 0.2) is 78.9 Å². The van der Waals surface area contributed by atoms with E-state index in [-0.39, 0.29) is 11.9 Å². The van der Waals surface area contributed by atoms with E-state index in [0.717, 1.165) is 16.9 Å². The first-order valence-corrected chi connectivity index (χ1v) is 11.1. The Labute approximate surface area is 193 Å². The predicted molar refractivity (Wildman–Crippen MR) is 125 cm³/mol. The van der Waals surface area contributed by atoms with Gasteiger partial charge >= 0.3 is 0 Å². The van der Waals surface area contributed by atoms with Crippen LogP contribution in [0.5, 0.6) is 5.75 Å². The highest BCUT2D eigenvalue weighted by Gasteiger charge is 2.46. The van der Waals surface area contributed by atoms with Crippen LogP contribution in [0.2, 0.25) is 0 Å². The number of hydrogen-bond donors (Lipinski definition) is 2. The standard InChI is InChI=1S/C27H29FN2O3/c1-27(32)15-16-30(18-19-7-6-10-23(17-19)33-2)24(20-8-4-3-5-9-20)25(27)29-26(31)21-11-13-22(28)14-12-21/h3-14,17,24-25,32H,15-16,18H2,1-2H3,(H,29,31). The summed E-state index contributed by atoms with van der Waals surface area (Å²) in [6.45, 7) is 3.06. The van der Waals surface area contributed by atoms with E-state index in [2.05, 4.69) is 10.2 Å². The van der Waals surface area contributed by atoms with Crippen LogP contribution in [0.4, 0.5) is 4.39 Å². The summed E-state index contributed by atoms with van der Waals surface area (Å²) in [5.41, 5.74) is 1.32. The molecular formula is C27H29FN2O3. The van der Waals surface area contributed by atoms with Crippen molar-refractivity contribution < 1.29 is 19.0 Å². The molecule has 5 nitrogen and oxygen atoms in total. The van der Waals surface area contributed by atoms with E-state index in [1.54, 1.807) is 14.0 Å². The van der Waals surface area contributed by atoms with Crippen molar-refractivity contribution in [2.45, 2.75) is 37.6 Å². The van der Waals surface area contributed by atoms with E-state index >= 15 is 0 Å². The van der Waals surface area contributed by atoms with Gasteiger partial charge in [0.05, 0.1) is 24.8 Å². The first kappa shape index (κ1) is 23.0. The second-order valence-electron chi connectivity index (χ2n) is 8.74. The molecule has 0 aromatic heterocycles. The zero-order valence-corrected chi connectivity index (χ0v) is 18.9. The highest BCUT2D eigenvalue weighted by Crippen LogP contribution is 2.38. The third kappa shape index (κ3) is 5.24. The van der Waals surface area contributed by atoms with Gasteiger partial charge in [0.25, 0.3) is 5.91 Å². The number of likely N-dealkylation sites (tertiary alicyclic amines) is 1.